The Bertz CT molecular complexity index is 1240. The summed E-state index contributed by atoms with van der Waals surface area (Å²) in [7, 11) is 0. The predicted octanol–water partition coefficient (Wildman–Crippen LogP) is 3.29. The Morgan fingerprint density at radius 2 is 1.94 bits per heavy atom. The van der Waals surface area contributed by atoms with Crippen molar-refractivity contribution in [3.63, 3.8) is 0 Å². The van der Waals surface area contributed by atoms with Gasteiger partial charge in [-0.1, -0.05) is 48.0 Å². The fourth-order valence-electron chi connectivity index (χ4n) is 3.74. The number of carboxylic acids is 1. The van der Waals surface area contributed by atoms with Crippen LogP contribution in [0.2, 0.25) is 5.15 Å². The summed E-state index contributed by atoms with van der Waals surface area (Å²) < 4.78 is 6.27. The summed E-state index contributed by atoms with van der Waals surface area (Å²) in [5, 5.41) is 14.5. The molecule has 0 bridgehead atoms. The monoisotopic (exact) mass is 502 g/mol. The van der Waals surface area contributed by atoms with Gasteiger partial charge in [-0.2, -0.15) is 0 Å². The fourth-order valence-corrected chi connectivity index (χ4v) is 3.92. The first-order chi connectivity index (χ1) is 16.3. The first kappa shape index (κ1) is 26.0. The number of nitrogens with one attached hydrogen (secondary N) is 2. The van der Waals surface area contributed by atoms with Gasteiger partial charge in [-0.3, -0.25) is 19.5 Å². The van der Waals surface area contributed by atoms with Crippen LogP contribution >= 0.6 is 11.6 Å². The molecule has 35 heavy (non-hydrogen) atoms. The number of carbonyl (C=O) groups is 3. The van der Waals surface area contributed by atoms with Crippen LogP contribution in [0, 0.1) is 12.8 Å². The minimum Gasteiger partial charge on any atom is -0.479 e. The maximum Gasteiger partial charge on any atom is 0.413 e. The Balaban J connectivity index is 2.10. The molecular weight excluding hydrogens is 476 g/mol. The van der Waals surface area contributed by atoms with Gasteiger partial charge in [0.05, 0.1) is 5.69 Å². The second-order valence-electron chi connectivity index (χ2n) is 9.26. The lowest BCUT2D eigenvalue weighted by molar-refractivity contribution is -0.143. The van der Waals surface area contributed by atoms with Crippen molar-refractivity contribution in [1.82, 2.24) is 14.9 Å². The second kappa shape index (κ2) is 9.53. The largest absolute Gasteiger partial charge is 0.479 e. The van der Waals surface area contributed by atoms with Crippen molar-refractivity contribution < 1.29 is 24.2 Å². The summed E-state index contributed by atoms with van der Waals surface area (Å²) in [5.74, 6) is -2.83. The maximum atomic E-state index is 13.6. The average Bonchev–Trinajstić information content (AvgIpc) is 3.48. The molecule has 1 aromatic carbocycles. The lowest BCUT2D eigenvalue weighted by Gasteiger charge is -2.25. The van der Waals surface area contributed by atoms with Crippen LogP contribution in [0.15, 0.2) is 47.8 Å². The average molecular weight is 503 g/mol. The van der Waals surface area contributed by atoms with E-state index in [1.165, 1.54) is 13.0 Å². The van der Waals surface area contributed by atoms with Gasteiger partial charge in [-0.15, -0.1) is 6.58 Å². The number of amides is 2. The highest BCUT2D eigenvalue weighted by molar-refractivity contribution is 6.30. The minimum atomic E-state index is -1.52. The van der Waals surface area contributed by atoms with Crippen molar-refractivity contribution in [2.45, 2.75) is 51.3 Å². The number of carboxylic acid groups (broad SMARTS) is 1. The molecule has 1 saturated carbocycles. The van der Waals surface area contributed by atoms with Gasteiger partial charge in [0.15, 0.2) is 5.15 Å². The second-order valence-corrected chi connectivity index (χ2v) is 9.62. The van der Waals surface area contributed by atoms with Crippen molar-refractivity contribution in [2.75, 3.05) is 5.32 Å². The number of halogens is 1. The van der Waals surface area contributed by atoms with Gasteiger partial charge in [0.25, 0.3) is 5.56 Å². The molecule has 1 fully saturated rings. The summed E-state index contributed by atoms with van der Waals surface area (Å²) in [5.41, 5.74) is -2.62. The first-order valence-electron chi connectivity index (χ1n) is 10.8. The molecule has 1 aromatic heterocycles. The highest BCUT2D eigenvalue weighted by Gasteiger charge is 2.60. The number of aromatic nitrogens is 2. The molecular formula is C24H27ClN4O6. The smallest absolute Gasteiger partial charge is 0.413 e. The topological polar surface area (TPSA) is 140 Å². The van der Waals surface area contributed by atoms with E-state index in [0.717, 1.165) is 4.57 Å². The van der Waals surface area contributed by atoms with Crippen molar-refractivity contribution in [1.29, 1.82) is 0 Å². The molecule has 3 N–H and O–H groups in total. The molecule has 3 rings (SSSR count). The van der Waals surface area contributed by atoms with Crippen LogP contribution in [0.4, 0.5) is 10.6 Å². The van der Waals surface area contributed by atoms with E-state index in [0.29, 0.717) is 5.56 Å². The van der Waals surface area contributed by atoms with Crippen LogP contribution < -0.4 is 16.2 Å². The van der Waals surface area contributed by atoms with Gasteiger partial charge in [0, 0.05) is 5.92 Å². The number of nitrogens with zero attached hydrogens (tertiary/aromatic N) is 2. The highest BCUT2D eigenvalue weighted by atomic mass is 35.5. The zero-order chi connectivity index (χ0) is 26.1. The quantitative estimate of drug-likeness (QED) is 0.493. The molecule has 186 valence electrons. The molecule has 0 radical (unpaired) electrons. The number of aliphatic carboxylic acids is 1. The third-order valence-corrected chi connectivity index (χ3v) is 5.92. The van der Waals surface area contributed by atoms with Gasteiger partial charge < -0.3 is 15.2 Å². The molecule has 1 aliphatic rings. The molecule has 2 aromatic rings. The van der Waals surface area contributed by atoms with E-state index in [-0.39, 0.29) is 17.3 Å². The highest BCUT2D eigenvalue weighted by Crippen LogP contribution is 2.45. The zero-order valence-corrected chi connectivity index (χ0v) is 20.5. The molecule has 10 nitrogen and oxygen atoms in total. The Kier molecular flexibility index (Phi) is 7.07. The van der Waals surface area contributed by atoms with Crippen LogP contribution in [0.1, 0.15) is 44.5 Å². The van der Waals surface area contributed by atoms with E-state index in [9.17, 15) is 24.3 Å². The molecule has 11 heteroatoms. The molecule has 1 aliphatic carbocycles. The Hall–Kier alpha value is -3.66. The molecule has 3 atom stereocenters. The number of benzene rings is 1. The van der Waals surface area contributed by atoms with Crippen LogP contribution in [-0.4, -0.2) is 43.8 Å². The third-order valence-electron chi connectivity index (χ3n) is 5.56. The molecule has 0 saturated heterocycles. The first-order valence-corrected chi connectivity index (χ1v) is 11.2. The zero-order valence-electron chi connectivity index (χ0n) is 19.8. The van der Waals surface area contributed by atoms with Crippen LogP contribution in [0.3, 0.4) is 0 Å². The molecule has 2 amide bonds. The van der Waals surface area contributed by atoms with E-state index >= 15 is 0 Å². The normalized spacial score (nSPS) is 19.9. The van der Waals surface area contributed by atoms with Gasteiger partial charge in [0.1, 0.15) is 17.2 Å². The van der Waals surface area contributed by atoms with Crippen LogP contribution in [0.5, 0.6) is 0 Å². The SMILES string of the molecule is C=C[C@@H]1C[C@]1(NC(=O)C(c1ccccc1)n1c(C)c(Cl)nc(NC(=O)OC(C)(C)C)c1=O)C(=O)O. The van der Waals surface area contributed by atoms with E-state index in [1.54, 1.807) is 51.1 Å². The third kappa shape index (κ3) is 5.37. The van der Waals surface area contributed by atoms with Crippen molar-refractivity contribution in [3.05, 3.63) is 69.8 Å². The lowest BCUT2D eigenvalue weighted by atomic mass is 10.0. The number of anilines is 1. The van der Waals surface area contributed by atoms with Gasteiger partial charge in [0.2, 0.25) is 11.7 Å². The molecule has 0 aliphatic heterocycles. The summed E-state index contributed by atoms with van der Waals surface area (Å²) in [6, 6.07) is 7.03. The lowest BCUT2D eigenvalue weighted by Crippen LogP contribution is -2.49. The van der Waals surface area contributed by atoms with Crippen LogP contribution in [0.25, 0.3) is 0 Å². The van der Waals surface area contributed by atoms with Gasteiger partial charge >= 0.3 is 12.1 Å². The Morgan fingerprint density at radius 3 is 2.46 bits per heavy atom. The fraction of sp³-hybridized carbons (Fsp3) is 0.375. The van der Waals surface area contributed by atoms with Crippen molar-refractivity contribution in [2.24, 2.45) is 5.92 Å². The number of ether oxygens (including phenoxy) is 1. The van der Waals surface area contributed by atoms with Crippen molar-refractivity contribution in [3.8, 4) is 0 Å². The van der Waals surface area contributed by atoms with Gasteiger partial charge in [-0.05, 0) is 39.7 Å². The molecule has 1 unspecified atom stereocenters. The number of hydrogen-bond donors (Lipinski definition) is 3. The number of hydrogen-bond acceptors (Lipinski definition) is 6. The number of rotatable bonds is 7. The van der Waals surface area contributed by atoms with E-state index < -0.39 is 52.4 Å². The molecule has 0 spiro atoms. The summed E-state index contributed by atoms with van der Waals surface area (Å²) in [6.45, 7) is 10.1. The molecule has 1 heterocycles. The Morgan fingerprint density at radius 1 is 1.31 bits per heavy atom. The standard InChI is InChI=1S/C24H27ClN4O6/c1-6-15-12-24(15,21(32)33)28-19(30)16(14-10-8-7-9-11-14)29-13(2)17(25)26-18(20(29)31)27-22(34)35-23(3,4)5/h6-11,15-16H,1,12H2,2-5H3,(H,28,30)(H,32,33)(H,26,27,34)/t15-,16?,24-/m1/s1. The predicted molar refractivity (Wildman–Crippen MR) is 129 cm³/mol. The minimum absolute atomic E-state index is 0.132. The maximum absolute atomic E-state index is 13.6. The Labute approximate surface area is 207 Å². The summed E-state index contributed by atoms with van der Waals surface area (Å²) in [4.78, 5) is 55.2. The summed E-state index contributed by atoms with van der Waals surface area (Å²) in [6.07, 6.45) is 0.719. The van der Waals surface area contributed by atoms with Crippen molar-refractivity contribution >= 4 is 35.4 Å². The summed E-state index contributed by atoms with van der Waals surface area (Å²) >= 11 is 6.28. The van der Waals surface area contributed by atoms with E-state index in [1.807, 2.05) is 0 Å². The number of carbonyl (C=O) groups excluding carboxylic acids is 2. The van der Waals surface area contributed by atoms with Crippen LogP contribution in [-0.2, 0) is 14.3 Å². The van der Waals surface area contributed by atoms with E-state index in [2.05, 4.69) is 22.2 Å². The van der Waals surface area contributed by atoms with Gasteiger partial charge in [-0.25, -0.2) is 14.6 Å². The van der Waals surface area contributed by atoms with E-state index in [4.69, 9.17) is 16.3 Å².